The van der Waals surface area contributed by atoms with Crippen molar-refractivity contribution in [2.45, 2.75) is 31.7 Å². The molecule has 1 heterocycles. The Morgan fingerprint density at radius 2 is 2.12 bits per heavy atom. The summed E-state index contributed by atoms with van der Waals surface area (Å²) in [5, 5.41) is 0. The van der Waals surface area contributed by atoms with E-state index < -0.39 is 0 Å². The molecule has 0 bridgehead atoms. The summed E-state index contributed by atoms with van der Waals surface area (Å²) in [5.41, 5.74) is 6.54. The zero-order valence-electron chi connectivity index (χ0n) is 13.7. The average Bonchev–Trinajstić information content (AvgIpc) is 3.04. The van der Waals surface area contributed by atoms with E-state index in [1.807, 2.05) is 12.3 Å². The van der Waals surface area contributed by atoms with E-state index in [0.717, 1.165) is 25.2 Å². The number of hydrogen-bond acceptors (Lipinski definition) is 3. The molecular formula is C17H24Cl2FN3O. The Hall–Kier alpha value is -1.30. The Kier molecular flexibility index (Phi) is 8.00. The zero-order chi connectivity index (χ0) is 15.5. The molecule has 134 valence electrons. The summed E-state index contributed by atoms with van der Waals surface area (Å²) in [7, 11) is 1.49. The van der Waals surface area contributed by atoms with Crippen molar-refractivity contribution in [1.82, 2.24) is 9.55 Å². The molecule has 1 aliphatic rings. The van der Waals surface area contributed by atoms with Crippen LogP contribution in [0, 0.1) is 11.7 Å². The van der Waals surface area contributed by atoms with Gasteiger partial charge in [0.1, 0.15) is 5.82 Å². The molecule has 1 aliphatic carbocycles. The molecule has 3 rings (SSSR count). The molecule has 0 amide bonds. The Morgan fingerprint density at radius 1 is 1.33 bits per heavy atom. The molecule has 0 spiro atoms. The van der Waals surface area contributed by atoms with Crippen LogP contribution < -0.4 is 10.5 Å². The highest BCUT2D eigenvalue weighted by molar-refractivity contribution is 5.85. The first-order valence-corrected chi connectivity index (χ1v) is 7.80. The van der Waals surface area contributed by atoms with E-state index in [0.29, 0.717) is 17.5 Å². The van der Waals surface area contributed by atoms with Crippen molar-refractivity contribution in [1.29, 1.82) is 0 Å². The Labute approximate surface area is 154 Å². The molecule has 24 heavy (non-hydrogen) atoms. The lowest BCUT2D eigenvalue weighted by molar-refractivity contribution is 0.273. The van der Waals surface area contributed by atoms with Crippen LogP contribution in [-0.2, 0) is 0 Å². The first-order valence-electron chi connectivity index (χ1n) is 7.80. The second-order valence-electron chi connectivity index (χ2n) is 5.90. The highest BCUT2D eigenvalue weighted by atomic mass is 35.5. The number of imidazole rings is 1. The van der Waals surface area contributed by atoms with E-state index in [4.69, 9.17) is 10.5 Å². The molecule has 2 atom stereocenters. The number of nitrogens with two attached hydrogens (primary N) is 1. The second kappa shape index (κ2) is 9.25. The molecule has 2 N–H and O–H groups in total. The van der Waals surface area contributed by atoms with Gasteiger partial charge in [-0.15, -0.1) is 24.8 Å². The molecule has 7 heteroatoms. The number of ether oxygens (including phenoxy) is 1. The second-order valence-corrected chi connectivity index (χ2v) is 5.90. The van der Waals surface area contributed by atoms with Crippen molar-refractivity contribution >= 4 is 24.8 Å². The number of rotatable bonds is 4. The van der Waals surface area contributed by atoms with Crippen LogP contribution >= 0.6 is 24.8 Å². The zero-order valence-corrected chi connectivity index (χ0v) is 15.3. The lowest BCUT2D eigenvalue weighted by Crippen LogP contribution is -2.24. The van der Waals surface area contributed by atoms with Crippen molar-refractivity contribution in [2.24, 2.45) is 11.7 Å². The van der Waals surface area contributed by atoms with E-state index in [2.05, 4.69) is 9.55 Å². The Morgan fingerprint density at radius 3 is 2.83 bits per heavy atom. The van der Waals surface area contributed by atoms with Crippen LogP contribution in [0.1, 0.15) is 31.7 Å². The predicted octanol–water partition coefficient (Wildman–Crippen LogP) is 4.23. The number of benzene rings is 1. The molecule has 0 radical (unpaired) electrons. The first-order chi connectivity index (χ1) is 10.7. The predicted molar refractivity (Wildman–Crippen MR) is 98.7 cm³/mol. The molecule has 4 nitrogen and oxygen atoms in total. The summed E-state index contributed by atoms with van der Waals surface area (Å²) >= 11 is 0. The summed E-state index contributed by atoms with van der Waals surface area (Å²) < 4.78 is 21.3. The van der Waals surface area contributed by atoms with E-state index >= 15 is 0 Å². The van der Waals surface area contributed by atoms with Crippen LogP contribution in [-0.4, -0.2) is 23.2 Å². The van der Waals surface area contributed by atoms with Gasteiger partial charge in [-0.2, -0.15) is 0 Å². The fourth-order valence-electron chi connectivity index (χ4n) is 3.44. The average molecular weight is 376 g/mol. The minimum absolute atomic E-state index is 0. The van der Waals surface area contributed by atoms with Gasteiger partial charge in [-0.3, -0.25) is 0 Å². The van der Waals surface area contributed by atoms with Crippen LogP contribution in [0.25, 0.3) is 11.4 Å². The number of para-hydroxylation sites is 1. The molecular weight excluding hydrogens is 352 g/mol. The van der Waals surface area contributed by atoms with E-state index in [1.54, 1.807) is 12.3 Å². The molecule has 0 saturated heterocycles. The summed E-state index contributed by atoms with van der Waals surface area (Å²) in [4.78, 5) is 4.45. The third kappa shape index (κ3) is 4.02. The van der Waals surface area contributed by atoms with Gasteiger partial charge in [-0.25, -0.2) is 9.37 Å². The summed E-state index contributed by atoms with van der Waals surface area (Å²) in [6, 6.07) is 5.31. The van der Waals surface area contributed by atoms with E-state index in [1.165, 1.54) is 26.0 Å². The summed E-state index contributed by atoms with van der Waals surface area (Å²) in [6.07, 6.45) is 8.27. The Balaban J connectivity index is 0.00000144. The normalized spacial score (nSPS) is 20.0. The number of aromatic nitrogens is 2. The van der Waals surface area contributed by atoms with Crippen LogP contribution in [0.4, 0.5) is 4.39 Å². The third-order valence-electron chi connectivity index (χ3n) is 4.56. The monoisotopic (exact) mass is 375 g/mol. The minimum atomic E-state index is -0.363. The summed E-state index contributed by atoms with van der Waals surface area (Å²) in [5.74, 6) is 1.21. The SMILES string of the molecule is COc1c(F)cccc1-c1nccn1[C@@H]1CCC[C@H](CN)C1.Cl.Cl. The largest absolute Gasteiger partial charge is 0.493 e. The van der Waals surface area contributed by atoms with E-state index in [-0.39, 0.29) is 36.4 Å². The van der Waals surface area contributed by atoms with Gasteiger partial charge in [0.05, 0.1) is 12.7 Å². The van der Waals surface area contributed by atoms with E-state index in [9.17, 15) is 4.39 Å². The Bertz CT molecular complexity index is 651. The first kappa shape index (κ1) is 20.7. The quantitative estimate of drug-likeness (QED) is 0.869. The van der Waals surface area contributed by atoms with Gasteiger partial charge in [0, 0.05) is 18.4 Å². The standard InChI is InChI=1S/C17H22FN3O.2ClH/c1-22-16-14(6-3-7-15(16)18)17-20-8-9-21(17)13-5-2-4-12(10-13)11-19;;/h3,6-9,12-13H,2,4-5,10-11,19H2,1H3;2*1H/t12-,13+;;/m0../s1. The number of hydrogen-bond donors (Lipinski definition) is 1. The fourth-order valence-corrected chi connectivity index (χ4v) is 3.44. The molecule has 1 aromatic heterocycles. The minimum Gasteiger partial charge on any atom is -0.493 e. The number of nitrogens with zero attached hydrogens (tertiary/aromatic N) is 2. The summed E-state index contributed by atoms with van der Waals surface area (Å²) in [6.45, 7) is 0.726. The maximum absolute atomic E-state index is 14.0. The van der Waals surface area contributed by atoms with Gasteiger partial charge in [-0.05, 0) is 43.9 Å². The molecule has 1 aromatic carbocycles. The number of halogens is 3. The third-order valence-corrected chi connectivity index (χ3v) is 4.56. The fraction of sp³-hybridized carbons (Fsp3) is 0.471. The van der Waals surface area contributed by atoms with Crippen molar-refractivity contribution in [3.8, 4) is 17.1 Å². The molecule has 0 aliphatic heterocycles. The maximum Gasteiger partial charge on any atom is 0.165 e. The van der Waals surface area contributed by atoms with Gasteiger partial charge >= 0.3 is 0 Å². The van der Waals surface area contributed by atoms with Gasteiger partial charge in [0.25, 0.3) is 0 Å². The van der Waals surface area contributed by atoms with Gasteiger partial charge in [-0.1, -0.05) is 12.5 Å². The smallest absolute Gasteiger partial charge is 0.165 e. The number of methoxy groups -OCH3 is 1. The van der Waals surface area contributed by atoms with Crippen molar-refractivity contribution < 1.29 is 9.13 Å². The van der Waals surface area contributed by atoms with Crippen molar-refractivity contribution in [2.75, 3.05) is 13.7 Å². The van der Waals surface area contributed by atoms with Crippen LogP contribution in [0.3, 0.4) is 0 Å². The molecule has 0 unspecified atom stereocenters. The lowest BCUT2D eigenvalue weighted by Gasteiger charge is -2.30. The highest BCUT2D eigenvalue weighted by Gasteiger charge is 2.25. The topological polar surface area (TPSA) is 53.1 Å². The molecule has 2 aromatic rings. The molecule has 1 saturated carbocycles. The van der Waals surface area contributed by atoms with Gasteiger partial charge < -0.3 is 15.0 Å². The molecule has 1 fully saturated rings. The van der Waals surface area contributed by atoms with Crippen molar-refractivity contribution in [3.63, 3.8) is 0 Å². The van der Waals surface area contributed by atoms with Gasteiger partial charge in [0.2, 0.25) is 0 Å². The van der Waals surface area contributed by atoms with Crippen LogP contribution in [0.2, 0.25) is 0 Å². The van der Waals surface area contributed by atoms with Gasteiger partial charge in [0.15, 0.2) is 11.6 Å². The van der Waals surface area contributed by atoms with Crippen molar-refractivity contribution in [3.05, 3.63) is 36.4 Å². The van der Waals surface area contributed by atoms with Crippen LogP contribution in [0.15, 0.2) is 30.6 Å². The highest BCUT2D eigenvalue weighted by Crippen LogP contribution is 2.37. The van der Waals surface area contributed by atoms with Crippen LogP contribution in [0.5, 0.6) is 5.75 Å². The maximum atomic E-state index is 14.0. The lowest BCUT2D eigenvalue weighted by atomic mass is 9.85.